The molecule has 2 heterocycles. The third kappa shape index (κ3) is 4.00. The maximum atomic E-state index is 6.29. The standard InChI is InChI=1S/C18H37N3/c1-5-20-11-6-9-18(15-19,10-14-20)21-12-7-16(8-13-21)17(2,3)4/h16H,5-15,19H2,1-4H3. The topological polar surface area (TPSA) is 32.5 Å². The second kappa shape index (κ2) is 6.97. The van der Waals surface area contributed by atoms with E-state index in [4.69, 9.17) is 5.73 Å². The van der Waals surface area contributed by atoms with Gasteiger partial charge in [-0.1, -0.05) is 27.7 Å². The number of piperidine rings is 1. The molecule has 0 aromatic heterocycles. The Kier molecular flexibility index (Phi) is 5.72. The van der Waals surface area contributed by atoms with Gasteiger partial charge in [-0.05, 0) is 76.2 Å². The van der Waals surface area contributed by atoms with E-state index in [0.29, 0.717) is 5.41 Å². The molecule has 124 valence electrons. The summed E-state index contributed by atoms with van der Waals surface area (Å²) in [5.74, 6) is 0.876. The number of rotatable bonds is 3. The molecule has 1 unspecified atom stereocenters. The summed E-state index contributed by atoms with van der Waals surface area (Å²) in [7, 11) is 0. The van der Waals surface area contributed by atoms with Crippen LogP contribution in [0, 0.1) is 11.3 Å². The van der Waals surface area contributed by atoms with Gasteiger partial charge in [-0.25, -0.2) is 0 Å². The average molecular weight is 296 g/mol. The van der Waals surface area contributed by atoms with E-state index in [1.54, 1.807) is 0 Å². The summed E-state index contributed by atoms with van der Waals surface area (Å²) in [6.07, 6.45) is 6.56. The van der Waals surface area contributed by atoms with Crippen molar-refractivity contribution in [1.29, 1.82) is 0 Å². The molecule has 0 aromatic rings. The predicted octanol–water partition coefficient (Wildman–Crippen LogP) is 2.95. The molecule has 0 radical (unpaired) electrons. The number of hydrogen-bond donors (Lipinski definition) is 1. The number of nitrogens with zero attached hydrogens (tertiary/aromatic N) is 2. The first-order chi connectivity index (χ1) is 9.91. The normalized spacial score (nSPS) is 31.3. The van der Waals surface area contributed by atoms with Crippen molar-refractivity contribution in [2.24, 2.45) is 17.1 Å². The van der Waals surface area contributed by atoms with E-state index in [-0.39, 0.29) is 5.54 Å². The Morgan fingerprint density at radius 3 is 2.24 bits per heavy atom. The Hall–Kier alpha value is -0.120. The van der Waals surface area contributed by atoms with E-state index in [1.807, 2.05) is 0 Å². The van der Waals surface area contributed by atoms with Crippen LogP contribution in [-0.2, 0) is 0 Å². The number of likely N-dealkylation sites (tertiary alicyclic amines) is 2. The highest BCUT2D eigenvalue weighted by molar-refractivity contribution is 4.97. The van der Waals surface area contributed by atoms with Crippen molar-refractivity contribution >= 4 is 0 Å². The molecular formula is C18H37N3. The van der Waals surface area contributed by atoms with Gasteiger partial charge in [-0.2, -0.15) is 0 Å². The first-order valence-corrected chi connectivity index (χ1v) is 9.09. The summed E-state index contributed by atoms with van der Waals surface area (Å²) >= 11 is 0. The lowest BCUT2D eigenvalue weighted by atomic mass is 9.74. The van der Waals surface area contributed by atoms with Gasteiger partial charge < -0.3 is 10.6 Å². The highest BCUT2D eigenvalue weighted by Gasteiger charge is 2.40. The van der Waals surface area contributed by atoms with Crippen LogP contribution in [0.25, 0.3) is 0 Å². The second-order valence-electron chi connectivity index (χ2n) is 8.34. The smallest absolute Gasteiger partial charge is 0.0344 e. The van der Waals surface area contributed by atoms with Gasteiger partial charge in [-0.15, -0.1) is 0 Å². The highest BCUT2D eigenvalue weighted by Crippen LogP contribution is 2.38. The largest absolute Gasteiger partial charge is 0.329 e. The molecule has 21 heavy (non-hydrogen) atoms. The molecule has 2 rings (SSSR count). The Morgan fingerprint density at radius 2 is 1.71 bits per heavy atom. The fraction of sp³-hybridized carbons (Fsp3) is 1.00. The molecule has 0 aromatic carbocycles. The Balaban J connectivity index is 1.98. The van der Waals surface area contributed by atoms with Crippen LogP contribution in [0.15, 0.2) is 0 Å². The second-order valence-corrected chi connectivity index (χ2v) is 8.34. The zero-order valence-corrected chi connectivity index (χ0v) is 14.8. The molecule has 0 bridgehead atoms. The lowest BCUT2D eigenvalue weighted by Crippen LogP contribution is -2.57. The van der Waals surface area contributed by atoms with E-state index in [1.165, 1.54) is 64.8 Å². The molecule has 2 aliphatic rings. The summed E-state index contributed by atoms with van der Waals surface area (Å²) in [5, 5.41) is 0. The maximum absolute atomic E-state index is 6.29. The summed E-state index contributed by atoms with van der Waals surface area (Å²) in [4.78, 5) is 5.35. The van der Waals surface area contributed by atoms with E-state index in [0.717, 1.165) is 12.5 Å². The van der Waals surface area contributed by atoms with Gasteiger partial charge in [0.25, 0.3) is 0 Å². The van der Waals surface area contributed by atoms with E-state index in [9.17, 15) is 0 Å². The van der Waals surface area contributed by atoms with Crippen molar-refractivity contribution in [3.63, 3.8) is 0 Å². The van der Waals surface area contributed by atoms with Crippen LogP contribution >= 0.6 is 0 Å². The number of hydrogen-bond acceptors (Lipinski definition) is 3. The SMILES string of the molecule is CCN1CCCC(CN)(N2CCC(C(C)(C)C)CC2)CC1. The lowest BCUT2D eigenvalue weighted by Gasteiger charge is -2.48. The minimum atomic E-state index is 0.284. The molecule has 2 N–H and O–H groups in total. The molecule has 0 aliphatic carbocycles. The predicted molar refractivity (Wildman–Crippen MR) is 91.5 cm³/mol. The summed E-state index contributed by atoms with van der Waals surface area (Å²) < 4.78 is 0. The minimum absolute atomic E-state index is 0.284. The van der Waals surface area contributed by atoms with Crippen LogP contribution in [0.3, 0.4) is 0 Å². The van der Waals surface area contributed by atoms with Gasteiger partial charge in [0.05, 0.1) is 0 Å². The van der Waals surface area contributed by atoms with Crippen LogP contribution in [0.1, 0.15) is 59.8 Å². The van der Waals surface area contributed by atoms with E-state index >= 15 is 0 Å². The molecule has 2 aliphatic heterocycles. The van der Waals surface area contributed by atoms with Crippen LogP contribution in [-0.4, -0.2) is 54.6 Å². The molecule has 3 nitrogen and oxygen atoms in total. The first kappa shape index (κ1) is 17.2. The molecule has 1 atom stereocenters. The first-order valence-electron chi connectivity index (χ1n) is 9.09. The van der Waals surface area contributed by atoms with E-state index < -0.39 is 0 Å². The Morgan fingerprint density at radius 1 is 1.05 bits per heavy atom. The van der Waals surface area contributed by atoms with Gasteiger partial charge in [-0.3, -0.25) is 4.90 Å². The van der Waals surface area contributed by atoms with Crippen LogP contribution < -0.4 is 5.73 Å². The molecule has 0 saturated carbocycles. The minimum Gasteiger partial charge on any atom is -0.329 e. The van der Waals surface area contributed by atoms with Gasteiger partial charge in [0.1, 0.15) is 0 Å². The fourth-order valence-electron chi connectivity index (χ4n) is 4.42. The molecule has 2 fully saturated rings. The molecular weight excluding hydrogens is 258 g/mol. The molecule has 0 amide bonds. The van der Waals surface area contributed by atoms with Crippen molar-refractivity contribution in [3.8, 4) is 0 Å². The van der Waals surface area contributed by atoms with Gasteiger partial charge >= 0.3 is 0 Å². The third-order valence-electron chi connectivity index (χ3n) is 6.23. The average Bonchev–Trinajstić information content (AvgIpc) is 2.69. The Bertz CT molecular complexity index is 315. The van der Waals surface area contributed by atoms with Gasteiger partial charge in [0.15, 0.2) is 0 Å². The van der Waals surface area contributed by atoms with Gasteiger partial charge in [0.2, 0.25) is 0 Å². The van der Waals surface area contributed by atoms with Gasteiger partial charge in [0, 0.05) is 12.1 Å². The zero-order chi connectivity index (χ0) is 15.5. The quantitative estimate of drug-likeness (QED) is 0.869. The summed E-state index contributed by atoms with van der Waals surface area (Å²) in [6.45, 7) is 16.5. The van der Waals surface area contributed by atoms with Crippen molar-refractivity contribution < 1.29 is 0 Å². The zero-order valence-electron chi connectivity index (χ0n) is 14.8. The van der Waals surface area contributed by atoms with Crippen molar-refractivity contribution in [2.45, 2.75) is 65.3 Å². The number of nitrogens with two attached hydrogens (primary N) is 1. The van der Waals surface area contributed by atoms with Crippen LogP contribution in [0.5, 0.6) is 0 Å². The van der Waals surface area contributed by atoms with Crippen molar-refractivity contribution in [1.82, 2.24) is 9.80 Å². The van der Waals surface area contributed by atoms with Crippen molar-refractivity contribution in [2.75, 3.05) is 39.3 Å². The van der Waals surface area contributed by atoms with Crippen molar-refractivity contribution in [3.05, 3.63) is 0 Å². The molecule has 3 heteroatoms. The van der Waals surface area contributed by atoms with E-state index in [2.05, 4.69) is 37.5 Å². The maximum Gasteiger partial charge on any atom is 0.0344 e. The van der Waals surface area contributed by atoms with Crippen LogP contribution in [0.4, 0.5) is 0 Å². The molecule has 2 saturated heterocycles. The Labute approximate surface area is 132 Å². The molecule has 0 spiro atoms. The highest BCUT2D eigenvalue weighted by atomic mass is 15.2. The third-order valence-corrected chi connectivity index (χ3v) is 6.23. The summed E-state index contributed by atoms with van der Waals surface area (Å²) in [6, 6.07) is 0. The van der Waals surface area contributed by atoms with Crippen LogP contribution in [0.2, 0.25) is 0 Å². The fourth-order valence-corrected chi connectivity index (χ4v) is 4.42. The monoisotopic (exact) mass is 295 g/mol. The lowest BCUT2D eigenvalue weighted by molar-refractivity contribution is 0.0208. The summed E-state index contributed by atoms with van der Waals surface area (Å²) in [5.41, 5.74) is 7.03.